The Morgan fingerprint density at radius 1 is 1.24 bits per heavy atom. The van der Waals surface area contributed by atoms with Gasteiger partial charge in [0, 0.05) is 18.1 Å². The van der Waals surface area contributed by atoms with Crippen LogP contribution in [0.2, 0.25) is 0 Å². The maximum absolute atomic E-state index is 10.3. The third-order valence-corrected chi connectivity index (χ3v) is 6.82. The number of benzene rings is 1. The zero-order valence-electron chi connectivity index (χ0n) is 12.3. The molecule has 0 saturated heterocycles. The van der Waals surface area contributed by atoms with Crippen LogP contribution in [0.15, 0.2) is 65.9 Å². The highest BCUT2D eigenvalue weighted by Gasteiger charge is 2.31. The Morgan fingerprint density at radius 2 is 2.00 bits per heavy atom. The van der Waals surface area contributed by atoms with Crippen molar-refractivity contribution in [3.63, 3.8) is 0 Å². The highest BCUT2D eigenvalue weighted by Crippen LogP contribution is 2.59. The SMILES string of the molecule is CC(C)(O)CS1(n2ccnc2)C=CC(c2ccccc2)=C1. The smallest absolute Gasteiger partial charge is 0.104 e. The number of allylic oxidation sites excluding steroid dienone is 2. The molecule has 0 saturated carbocycles. The van der Waals surface area contributed by atoms with Crippen LogP contribution >= 0.6 is 10.2 Å². The number of rotatable bonds is 4. The Hall–Kier alpha value is -1.78. The molecule has 1 aromatic carbocycles. The summed E-state index contributed by atoms with van der Waals surface area (Å²) in [6.45, 7) is 3.72. The Balaban J connectivity index is 2.04. The maximum atomic E-state index is 10.3. The van der Waals surface area contributed by atoms with Crippen molar-refractivity contribution < 1.29 is 5.11 Å². The topological polar surface area (TPSA) is 38.0 Å². The Bertz CT molecular complexity index is 669. The van der Waals surface area contributed by atoms with Gasteiger partial charge in [0.25, 0.3) is 0 Å². The molecule has 0 aliphatic carbocycles. The first-order valence-electron chi connectivity index (χ1n) is 6.96. The average molecular weight is 300 g/mol. The highest BCUT2D eigenvalue weighted by atomic mass is 32.3. The van der Waals surface area contributed by atoms with Crippen molar-refractivity contribution >= 4 is 15.8 Å². The molecule has 4 heteroatoms. The van der Waals surface area contributed by atoms with Gasteiger partial charge in [-0.1, -0.05) is 30.3 Å². The van der Waals surface area contributed by atoms with E-state index in [9.17, 15) is 5.11 Å². The number of imidazole rings is 1. The Kier molecular flexibility index (Phi) is 3.51. The molecule has 110 valence electrons. The number of hydrogen-bond donors (Lipinski definition) is 1. The van der Waals surface area contributed by atoms with Gasteiger partial charge in [-0.3, -0.25) is 3.97 Å². The molecule has 0 fully saturated rings. The first-order valence-corrected chi connectivity index (χ1v) is 8.84. The van der Waals surface area contributed by atoms with Crippen LogP contribution in [0.5, 0.6) is 0 Å². The lowest BCUT2D eigenvalue weighted by Crippen LogP contribution is -2.28. The highest BCUT2D eigenvalue weighted by molar-refractivity contribution is 8.37. The summed E-state index contributed by atoms with van der Waals surface area (Å²) in [5.41, 5.74) is 1.69. The third-order valence-electron chi connectivity index (χ3n) is 3.38. The molecule has 1 aromatic heterocycles. The summed E-state index contributed by atoms with van der Waals surface area (Å²) in [7, 11) is -1.39. The van der Waals surface area contributed by atoms with E-state index in [0.717, 1.165) is 0 Å². The Morgan fingerprint density at radius 3 is 2.62 bits per heavy atom. The molecule has 1 N–H and O–H groups in total. The quantitative estimate of drug-likeness (QED) is 0.933. The normalized spacial score (nSPS) is 24.6. The van der Waals surface area contributed by atoms with Gasteiger partial charge >= 0.3 is 0 Å². The second-order valence-electron chi connectivity index (χ2n) is 5.93. The van der Waals surface area contributed by atoms with Gasteiger partial charge in [-0.15, -0.1) is 10.2 Å². The van der Waals surface area contributed by atoms with Crippen LogP contribution in [0.25, 0.3) is 5.57 Å². The van der Waals surface area contributed by atoms with Gasteiger partial charge in [0.2, 0.25) is 0 Å². The third kappa shape index (κ3) is 2.96. The molecule has 0 bridgehead atoms. The minimum atomic E-state index is -1.39. The van der Waals surface area contributed by atoms with E-state index in [0.29, 0.717) is 5.75 Å². The molecule has 3 nitrogen and oxygen atoms in total. The van der Waals surface area contributed by atoms with Crippen molar-refractivity contribution in [3.8, 4) is 0 Å². The zero-order valence-corrected chi connectivity index (χ0v) is 13.1. The van der Waals surface area contributed by atoms with E-state index >= 15 is 0 Å². The molecule has 3 rings (SSSR count). The summed E-state index contributed by atoms with van der Waals surface area (Å²) >= 11 is 0. The van der Waals surface area contributed by atoms with Crippen LogP contribution in [0.4, 0.5) is 0 Å². The molecule has 0 radical (unpaired) electrons. The summed E-state index contributed by atoms with van der Waals surface area (Å²) in [6.07, 6.45) is 7.78. The van der Waals surface area contributed by atoms with Crippen molar-refractivity contribution in [2.24, 2.45) is 0 Å². The van der Waals surface area contributed by atoms with Gasteiger partial charge in [0.15, 0.2) is 0 Å². The van der Waals surface area contributed by atoms with E-state index in [1.54, 1.807) is 6.20 Å². The Labute approximate surface area is 127 Å². The van der Waals surface area contributed by atoms with Crippen molar-refractivity contribution in [2.45, 2.75) is 19.4 Å². The first-order chi connectivity index (χ1) is 9.99. The monoisotopic (exact) mass is 300 g/mol. The van der Waals surface area contributed by atoms with Crippen LogP contribution in [-0.2, 0) is 0 Å². The standard InChI is InChI=1S/C17H20N2OS/c1-17(2,20)13-21(19-10-9-18-14-19)11-8-16(12-21)15-6-4-3-5-7-15/h3-12,14,20H,13H2,1-2H3. The van der Waals surface area contributed by atoms with Crippen molar-refractivity contribution in [1.82, 2.24) is 8.96 Å². The molecule has 21 heavy (non-hydrogen) atoms. The van der Waals surface area contributed by atoms with Crippen molar-refractivity contribution in [3.05, 3.63) is 71.5 Å². The van der Waals surface area contributed by atoms with Gasteiger partial charge in [0.1, 0.15) is 6.33 Å². The van der Waals surface area contributed by atoms with Gasteiger partial charge in [-0.25, -0.2) is 4.98 Å². The van der Waals surface area contributed by atoms with E-state index in [2.05, 4.69) is 38.0 Å². The summed E-state index contributed by atoms with van der Waals surface area (Å²) in [5.74, 6) is 0.684. The molecule has 0 spiro atoms. The van der Waals surface area contributed by atoms with Crippen LogP contribution in [0.3, 0.4) is 0 Å². The molecule has 0 amide bonds. The summed E-state index contributed by atoms with van der Waals surface area (Å²) in [6, 6.07) is 10.3. The van der Waals surface area contributed by atoms with E-state index in [-0.39, 0.29) is 0 Å². The fourth-order valence-electron chi connectivity index (χ4n) is 2.59. The lowest BCUT2D eigenvalue weighted by atomic mass is 10.1. The van der Waals surface area contributed by atoms with E-state index < -0.39 is 15.8 Å². The number of nitrogens with zero attached hydrogens (tertiary/aromatic N) is 2. The molecular weight excluding hydrogens is 280 g/mol. The molecular formula is C17H20N2OS. The van der Waals surface area contributed by atoms with Gasteiger partial charge in [-0.2, -0.15) is 0 Å². The van der Waals surface area contributed by atoms with E-state index in [1.165, 1.54) is 11.1 Å². The van der Waals surface area contributed by atoms with Gasteiger partial charge in [0.05, 0.1) is 5.60 Å². The van der Waals surface area contributed by atoms with Gasteiger partial charge < -0.3 is 5.11 Å². The number of aliphatic hydroxyl groups is 1. The van der Waals surface area contributed by atoms with Crippen molar-refractivity contribution in [1.29, 1.82) is 0 Å². The predicted molar refractivity (Wildman–Crippen MR) is 89.9 cm³/mol. The lowest BCUT2D eigenvalue weighted by molar-refractivity contribution is 0.106. The molecule has 1 aliphatic heterocycles. The predicted octanol–water partition coefficient (Wildman–Crippen LogP) is 3.79. The van der Waals surface area contributed by atoms with Crippen molar-refractivity contribution in [2.75, 3.05) is 5.75 Å². The summed E-state index contributed by atoms with van der Waals surface area (Å²) in [5, 5.41) is 14.8. The molecule has 1 aliphatic rings. The fraction of sp³-hybridized carbons (Fsp3) is 0.235. The van der Waals surface area contributed by atoms with Crippen LogP contribution in [-0.4, -0.2) is 25.4 Å². The molecule has 1 atom stereocenters. The molecule has 2 heterocycles. The largest absolute Gasteiger partial charge is 0.390 e. The first kappa shape index (κ1) is 14.2. The van der Waals surface area contributed by atoms with E-state index in [4.69, 9.17) is 0 Å². The zero-order chi connectivity index (χ0) is 14.9. The molecule has 1 unspecified atom stereocenters. The average Bonchev–Trinajstić information content (AvgIpc) is 3.07. The lowest BCUT2D eigenvalue weighted by Gasteiger charge is -2.37. The second-order valence-corrected chi connectivity index (χ2v) is 8.77. The maximum Gasteiger partial charge on any atom is 0.104 e. The van der Waals surface area contributed by atoms with Crippen LogP contribution < -0.4 is 0 Å². The second kappa shape index (κ2) is 5.20. The van der Waals surface area contributed by atoms with Gasteiger partial charge in [-0.05, 0) is 41.9 Å². The summed E-state index contributed by atoms with van der Waals surface area (Å²) < 4.78 is 2.14. The van der Waals surface area contributed by atoms with Crippen LogP contribution in [0, 0.1) is 0 Å². The number of aromatic nitrogens is 2. The van der Waals surface area contributed by atoms with E-state index in [1.807, 2.05) is 44.6 Å². The summed E-state index contributed by atoms with van der Waals surface area (Å²) in [4.78, 5) is 4.18. The fourth-order valence-corrected chi connectivity index (χ4v) is 5.94. The minimum Gasteiger partial charge on any atom is -0.390 e. The number of hydrogen-bond acceptors (Lipinski definition) is 2. The van der Waals surface area contributed by atoms with Crippen LogP contribution in [0.1, 0.15) is 19.4 Å². The minimum absolute atomic E-state index is 0.684. The molecule has 2 aromatic rings.